The standard InChI is InChI=1S/C23H25ClFN5O6S.C22H23BrFN5O3S2.C22H22BrFN4O5S2/c1-3-36-23(33)18-16(11-30-8-9-37(34,35)12-17(30)22(31)32)27-20(21-26-6-7-29(21)2)28-19(18)14-5-4-13(25)10-15(14)24;1-2-32-22(31)17-15(10-29-6-8-33-11-16(29)19(25)30)27-20(21-26-5-7-34-21)28-18(17)13-4-3-12(24)9-14(13)23;1-2-33-22(31)17-15(10-28-6-8-35(32)11-16(28)21(29)30)26-19(20-25-5-7-34-20)27-18(17)13-4-3-12(24)9-14(13)23/h4-7,10,17,19H,3,8-9,11-12H2,1-2H3,(H,27,28)(H,31,32);3-5,7,9,16,18H,2,6,8,10-11H2,1H3,(H2,25,30)(H,27,28);3-5,7,9,16,18H,2,6,8,10-11H2,1H3,(H,26,27)(H,29,30)/t17-,19-;16?,18-;16?,18-,35?/m000/s1. The average Bonchev–Trinajstić information content (AvgIpc) is 0.988. The van der Waals surface area contributed by atoms with Gasteiger partial charge in [0.15, 0.2) is 43.2 Å². The van der Waals surface area contributed by atoms with E-state index in [1.54, 1.807) is 91.3 Å². The van der Waals surface area contributed by atoms with Crippen molar-refractivity contribution in [3.63, 3.8) is 0 Å². The molecule has 7 atom stereocenters. The van der Waals surface area contributed by atoms with Gasteiger partial charge in [-0.05, 0) is 68.3 Å². The minimum atomic E-state index is -3.55. The van der Waals surface area contributed by atoms with E-state index in [0.29, 0.717) is 88.2 Å². The molecule has 6 aromatic rings. The van der Waals surface area contributed by atoms with Gasteiger partial charge >= 0.3 is 29.8 Å². The Kier molecular flexibility index (Phi) is 27.5. The van der Waals surface area contributed by atoms with Crippen molar-refractivity contribution >= 4 is 152 Å². The number of hydrogen-bond donors (Lipinski definition) is 6. The van der Waals surface area contributed by atoms with Gasteiger partial charge in [0.05, 0.1) is 54.1 Å². The number of amides is 1. The van der Waals surface area contributed by atoms with Gasteiger partial charge in [-0.25, -0.2) is 50.9 Å². The zero-order chi connectivity index (χ0) is 76.3. The summed E-state index contributed by atoms with van der Waals surface area (Å²) in [6.45, 7) is 6.45. The number of thiazole rings is 2. The highest BCUT2D eigenvalue weighted by molar-refractivity contribution is 9.10. The lowest BCUT2D eigenvalue weighted by molar-refractivity contribution is -0.143. The van der Waals surface area contributed by atoms with E-state index in [1.807, 2.05) is 10.3 Å². The van der Waals surface area contributed by atoms with Gasteiger partial charge in [-0.15, -0.1) is 22.7 Å². The summed E-state index contributed by atoms with van der Waals surface area (Å²) in [6, 6.07) is 6.67. The monoisotopic (exact) mass is 1700 g/mol. The number of nitrogens with zero attached hydrogens (tertiary/aromatic N) is 10. The quantitative estimate of drug-likeness (QED) is 0.0325. The third kappa shape index (κ3) is 19.4. The Hall–Kier alpha value is -8.05. The minimum Gasteiger partial charge on any atom is -0.480 e. The lowest BCUT2D eigenvalue weighted by atomic mass is 9.95. The number of esters is 3. The van der Waals surface area contributed by atoms with Gasteiger partial charge in [0.25, 0.3) is 0 Å². The van der Waals surface area contributed by atoms with Crippen LogP contribution < -0.4 is 21.7 Å². The van der Waals surface area contributed by atoms with Gasteiger partial charge in [0, 0.05) is 152 Å². The normalized spacial score (nSPS) is 21.9. The molecule has 106 heavy (non-hydrogen) atoms. The van der Waals surface area contributed by atoms with E-state index in [-0.39, 0.29) is 91.8 Å². The molecule has 12 rings (SSSR count). The molecule has 0 bridgehead atoms. The number of primary amides is 1. The van der Waals surface area contributed by atoms with Crippen molar-refractivity contribution in [2.75, 3.05) is 93.6 Å². The smallest absolute Gasteiger partial charge is 0.338 e. The van der Waals surface area contributed by atoms with Crippen molar-refractivity contribution in [2.45, 2.75) is 57.0 Å². The number of amidine groups is 3. The molecular formula is C67H70Br2ClF3N14O14S5. The zero-order valence-corrected chi connectivity index (χ0v) is 64.9. The molecule has 39 heteroatoms. The van der Waals surface area contributed by atoms with Crippen LogP contribution in [-0.4, -0.2) is 222 Å². The number of benzene rings is 3. The van der Waals surface area contributed by atoms with Crippen molar-refractivity contribution in [1.82, 2.24) is 50.2 Å². The largest absolute Gasteiger partial charge is 0.480 e. The maximum Gasteiger partial charge on any atom is 0.338 e. The fourth-order valence-corrected chi connectivity index (χ4v) is 18.6. The van der Waals surface area contributed by atoms with E-state index < -0.39 is 116 Å². The first-order valence-corrected chi connectivity index (χ1v) is 40.8. The summed E-state index contributed by atoms with van der Waals surface area (Å²) in [6.07, 6.45) is 6.54. The summed E-state index contributed by atoms with van der Waals surface area (Å²) in [5, 5.41) is 33.9. The molecular weight excluding hydrogens is 1640 g/mol. The van der Waals surface area contributed by atoms with Gasteiger partial charge in [-0.1, -0.05) is 61.7 Å². The molecule has 28 nitrogen and oxygen atoms in total. The van der Waals surface area contributed by atoms with E-state index >= 15 is 0 Å². The molecule has 0 aliphatic carbocycles. The summed E-state index contributed by atoms with van der Waals surface area (Å²) in [4.78, 5) is 108. The first-order chi connectivity index (χ1) is 50.7. The number of halogens is 6. The first kappa shape index (κ1) is 80.5. The highest BCUT2D eigenvalue weighted by Gasteiger charge is 2.43. The topological polar surface area (TPSA) is 374 Å². The number of nitrogens with one attached hydrogen (secondary N) is 3. The lowest BCUT2D eigenvalue weighted by Gasteiger charge is -2.36. The zero-order valence-electron chi connectivity index (χ0n) is 56.9. The molecule has 3 saturated heterocycles. The van der Waals surface area contributed by atoms with Crippen LogP contribution in [0.25, 0.3) is 0 Å². The molecule has 3 unspecified atom stereocenters. The number of aromatic nitrogens is 4. The van der Waals surface area contributed by atoms with E-state index in [2.05, 4.69) is 67.8 Å². The van der Waals surface area contributed by atoms with E-state index in [4.69, 9.17) is 41.5 Å². The second-order valence-corrected chi connectivity index (χ2v) is 32.8. The van der Waals surface area contributed by atoms with Crippen LogP contribution in [0.15, 0.2) is 148 Å². The Balaban J connectivity index is 0.000000170. The van der Waals surface area contributed by atoms with Gasteiger partial charge in [-0.2, -0.15) is 11.8 Å². The molecule has 7 N–H and O–H groups in total. The number of carboxylic acid groups (broad SMARTS) is 2. The number of hydrogen-bond acceptors (Lipinski definition) is 27. The number of rotatable bonds is 21. The number of ether oxygens (including phenoxy) is 3. The summed E-state index contributed by atoms with van der Waals surface area (Å²) in [5.41, 5.74) is 8.89. The molecule has 6 aliphatic rings. The molecule has 3 fully saturated rings. The van der Waals surface area contributed by atoms with Crippen molar-refractivity contribution < 1.29 is 79.0 Å². The van der Waals surface area contributed by atoms with Gasteiger partial charge in [0.2, 0.25) is 5.91 Å². The number of sulfone groups is 1. The fraction of sp³-hybridized carbons (Fsp3) is 0.373. The molecule has 3 aromatic heterocycles. The van der Waals surface area contributed by atoms with Crippen LogP contribution in [0.1, 0.15) is 71.4 Å². The van der Waals surface area contributed by atoms with Gasteiger partial charge < -0.3 is 50.7 Å². The first-order valence-electron chi connectivity index (χ1n) is 32.6. The third-order valence-corrected chi connectivity index (χ3v) is 24.3. The second-order valence-electron chi connectivity index (χ2n) is 23.9. The number of carbonyl (C=O) groups excluding carboxylic acids is 4. The van der Waals surface area contributed by atoms with Crippen LogP contribution in [0.5, 0.6) is 0 Å². The predicted octanol–water partition coefficient (Wildman–Crippen LogP) is 6.63. The maximum absolute atomic E-state index is 13.9. The Morgan fingerprint density at radius 1 is 0.642 bits per heavy atom. The molecule has 1 amide bonds. The molecule has 0 saturated carbocycles. The molecule has 0 spiro atoms. The Morgan fingerprint density at radius 2 is 1.09 bits per heavy atom. The van der Waals surface area contributed by atoms with Crippen LogP contribution in [-0.2, 0) is 70.7 Å². The molecule has 0 radical (unpaired) electrons. The number of imidazole rings is 1. The van der Waals surface area contributed by atoms with E-state index in [1.165, 1.54) is 64.0 Å². The predicted molar refractivity (Wildman–Crippen MR) is 400 cm³/mol. The average molecular weight is 1710 g/mol. The third-order valence-electron chi connectivity index (χ3n) is 17.1. The Bertz CT molecular complexity index is 4680. The summed E-state index contributed by atoms with van der Waals surface area (Å²) >= 11 is 17.6. The van der Waals surface area contributed by atoms with Crippen LogP contribution in [0.4, 0.5) is 13.2 Å². The number of carbonyl (C=O) groups is 6. The van der Waals surface area contributed by atoms with Gasteiger partial charge in [-0.3, -0.25) is 48.3 Å². The lowest BCUT2D eigenvalue weighted by Crippen LogP contribution is -2.54. The molecule has 6 aliphatic heterocycles. The molecule has 564 valence electrons. The Morgan fingerprint density at radius 3 is 1.53 bits per heavy atom. The van der Waals surface area contributed by atoms with Gasteiger partial charge in [0.1, 0.15) is 47.7 Å². The fourth-order valence-electron chi connectivity index (χ4n) is 12.1. The van der Waals surface area contributed by atoms with Crippen LogP contribution >= 0.6 is 77.9 Å². The number of thioether (sulfide) groups is 1. The van der Waals surface area contributed by atoms with Crippen molar-refractivity contribution in [3.8, 4) is 0 Å². The summed E-state index contributed by atoms with van der Waals surface area (Å²) in [5.74, 6) is -3.59. The number of carboxylic acids is 2. The van der Waals surface area contributed by atoms with E-state index in [0.717, 1.165) is 11.8 Å². The van der Waals surface area contributed by atoms with Crippen LogP contribution in [0, 0.1) is 17.5 Å². The van der Waals surface area contributed by atoms with Crippen molar-refractivity contribution in [2.24, 2.45) is 27.8 Å². The number of aliphatic imine (C=N–C) groups is 3. The number of aliphatic carboxylic acids is 2. The SMILES string of the molecule is CCOC(=O)C1=C(CN2CCS(=O)(=O)C[C@H]2C(=O)O)NC(c2nccn2C)=N[C@H]1c1ccc(F)cc1Cl.CCOC(=O)C1=C(CN2CCS(=O)CC2C(=O)O)NC(c2nccs2)=N[C@H]1c1ccc(F)cc1Br.CCOC(=O)C1=C(CN2CCSCC2C(N)=O)NC(c2nccs2)=N[C@H]1c1ccc(F)cc1Br. The number of aryl methyl sites for hydroxylation is 1. The summed E-state index contributed by atoms with van der Waals surface area (Å²) < 4.78 is 96.5. The van der Waals surface area contributed by atoms with Crippen LogP contribution in [0.2, 0.25) is 5.02 Å². The van der Waals surface area contributed by atoms with E-state index in [9.17, 15) is 64.8 Å². The van der Waals surface area contributed by atoms with Crippen LogP contribution in [0.3, 0.4) is 0 Å². The van der Waals surface area contributed by atoms with Crippen molar-refractivity contribution in [3.05, 3.63) is 188 Å². The number of nitrogens with two attached hydrogens (primary N) is 1. The Labute approximate surface area is 642 Å². The maximum atomic E-state index is 13.9. The van der Waals surface area contributed by atoms with Crippen molar-refractivity contribution in [1.29, 1.82) is 0 Å². The molecule has 3 aromatic carbocycles. The summed E-state index contributed by atoms with van der Waals surface area (Å²) in [7, 11) is -3.04. The minimum absolute atomic E-state index is 0.00226. The molecule has 9 heterocycles. The highest BCUT2D eigenvalue weighted by Crippen LogP contribution is 2.41. The second kappa shape index (κ2) is 36.2. The highest BCUT2D eigenvalue weighted by atomic mass is 79.9.